The molecule has 0 radical (unpaired) electrons. The molecular formula is C15H21N5O4. The molecule has 4 amide bonds. The number of piperidine rings is 1. The molecule has 9 nitrogen and oxygen atoms in total. The quantitative estimate of drug-likeness (QED) is 0.590. The van der Waals surface area contributed by atoms with E-state index in [1.165, 1.54) is 0 Å². The molecule has 0 spiro atoms. The van der Waals surface area contributed by atoms with Gasteiger partial charge in [0.25, 0.3) is 5.91 Å². The first-order valence-electron chi connectivity index (χ1n) is 8.27. The SMILES string of the molecule is O=C1CCC(C(=O)N2CCC(NC(=O)C3CCC(=O)N3)CC2)=NN1. The summed E-state index contributed by atoms with van der Waals surface area (Å²) < 4.78 is 0. The molecule has 1 unspecified atom stereocenters. The van der Waals surface area contributed by atoms with Gasteiger partial charge in [-0.2, -0.15) is 5.10 Å². The van der Waals surface area contributed by atoms with E-state index < -0.39 is 6.04 Å². The molecule has 3 aliphatic rings. The number of nitrogens with zero attached hydrogens (tertiary/aromatic N) is 2. The number of hydrogen-bond donors (Lipinski definition) is 3. The van der Waals surface area contributed by atoms with E-state index in [-0.39, 0.29) is 36.1 Å². The summed E-state index contributed by atoms with van der Waals surface area (Å²) in [5.74, 6) is -0.560. The second-order valence-electron chi connectivity index (χ2n) is 6.33. The van der Waals surface area contributed by atoms with Gasteiger partial charge in [0.15, 0.2) is 0 Å². The fourth-order valence-corrected chi connectivity index (χ4v) is 3.15. The highest BCUT2D eigenvalue weighted by Gasteiger charge is 2.31. The fourth-order valence-electron chi connectivity index (χ4n) is 3.15. The van der Waals surface area contributed by atoms with Gasteiger partial charge in [-0.05, 0) is 19.3 Å². The van der Waals surface area contributed by atoms with Crippen molar-refractivity contribution in [2.45, 2.75) is 50.6 Å². The molecule has 3 heterocycles. The van der Waals surface area contributed by atoms with Crippen molar-refractivity contribution < 1.29 is 19.2 Å². The van der Waals surface area contributed by atoms with Crippen LogP contribution in [0.3, 0.4) is 0 Å². The van der Waals surface area contributed by atoms with E-state index >= 15 is 0 Å². The van der Waals surface area contributed by atoms with Crippen molar-refractivity contribution in [2.75, 3.05) is 13.1 Å². The molecule has 0 saturated carbocycles. The highest BCUT2D eigenvalue weighted by Crippen LogP contribution is 2.14. The summed E-state index contributed by atoms with van der Waals surface area (Å²) in [7, 11) is 0. The molecule has 3 aliphatic heterocycles. The third-order valence-corrected chi connectivity index (χ3v) is 4.59. The second kappa shape index (κ2) is 6.98. The van der Waals surface area contributed by atoms with E-state index in [1.54, 1.807) is 4.90 Å². The maximum atomic E-state index is 12.3. The molecule has 0 aromatic heterocycles. The minimum atomic E-state index is -0.433. The van der Waals surface area contributed by atoms with Crippen LogP contribution in [0.4, 0.5) is 0 Å². The van der Waals surface area contributed by atoms with E-state index in [0.717, 1.165) is 0 Å². The van der Waals surface area contributed by atoms with Crippen LogP contribution in [0.1, 0.15) is 38.5 Å². The Labute approximate surface area is 139 Å². The largest absolute Gasteiger partial charge is 0.351 e. The Morgan fingerprint density at radius 2 is 1.79 bits per heavy atom. The molecule has 0 bridgehead atoms. The van der Waals surface area contributed by atoms with Gasteiger partial charge < -0.3 is 15.5 Å². The van der Waals surface area contributed by atoms with Crippen LogP contribution in [-0.4, -0.2) is 59.4 Å². The molecule has 2 saturated heterocycles. The van der Waals surface area contributed by atoms with Crippen molar-refractivity contribution in [2.24, 2.45) is 5.10 Å². The van der Waals surface area contributed by atoms with Crippen molar-refractivity contribution in [3.8, 4) is 0 Å². The third-order valence-electron chi connectivity index (χ3n) is 4.59. The Morgan fingerprint density at radius 1 is 1.04 bits per heavy atom. The van der Waals surface area contributed by atoms with Crippen LogP contribution in [0.5, 0.6) is 0 Å². The molecule has 0 aromatic rings. The normalized spacial score (nSPS) is 24.9. The Morgan fingerprint density at radius 3 is 2.38 bits per heavy atom. The lowest BCUT2D eigenvalue weighted by Crippen LogP contribution is -2.51. The van der Waals surface area contributed by atoms with Gasteiger partial charge in [-0.3, -0.25) is 19.2 Å². The zero-order chi connectivity index (χ0) is 17.1. The van der Waals surface area contributed by atoms with E-state index in [9.17, 15) is 19.2 Å². The zero-order valence-corrected chi connectivity index (χ0v) is 13.3. The molecular weight excluding hydrogens is 314 g/mol. The monoisotopic (exact) mass is 335 g/mol. The maximum absolute atomic E-state index is 12.3. The lowest BCUT2D eigenvalue weighted by molar-refractivity contribution is -0.127. The molecule has 9 heteroatoms. The van der Waals surface area contributed by atoms with Crippen LogP contribution in [0.15, 0.2) is 5.10 Å². The van der Waals surface area contributed by atoms with Gasteiger partial charge in [0.05, 0.1) is 0 Å². The van der Waals surface area contributed by atoms with Gasteiger partial charge in [-0.15, -0.1) is 0 Å². The van der Waals surface area contributed by atoms with Gasteiger partial charge in [0.2, 0.25) is 17.7 Å². The third kappa shape index (κ3) is 3.72. The first-order valence-corrected chi connectivity index (χ1v) is 8.27. The van der Waals surface area contributed by atoms with Crippen LogP contribution in [0.2, 0.25) is 0 Å². The van der Waals surface area contributed by atoms with Crippen molar-refractivity contribution >= 4 is 29.3 Å². The highest BCUT2D eigenvalue weighted by atomic mass is 16.2. The molecule has 130 valence electrons. The number of carbonyl (C=O) groups is 4. The van der Waals surface area contributed by atoms with Crippen molar-refractivity contribution in [1.82, 2.24) is 21.0 Å². The van der Waals surface area contributed by atoms with Gasteiger partial charge in [0.1, 0.15) is 11.8 Å². The van der Waals surface area contributed by atoms with Crippen LogP contribution < -0.4 is 16.1 Å². The number of likely N-dealkylation sites (tertiary alicyclic amines) is 1. The van der Waals surface area contributed by atoms with E-state index in [1.807, 2.05) is 0 Å². The second-order valence-corrected chi connectivity index (χ2v) is 6.33. The molecule has 0 aromatic carbocycles. The maximum Gasteiger partial charge on any atom is 0.270 e. The molecule has 1 atom stereocenters. The van der Waals surface area contributed by atoms with Crippen LogP contribution in [0.25, 0.3) is 0 Å². The van der Waals surface area contributed by atoms with E-state index in [4.69, 9.17) is 0 Å². The van der Waals surface area contributed by atoms with Crippen LogP contribution in [-0.2, 0) is 19.2 Å². The van der Waals surface area contributed by atoms with Crippen LogP contribution >= 0.6 is 0 Å². The Hall–Kier alpha value is -2.45. The number of rotatable bonds is 3. The summed E-state index contributed by atoms with van der Waals surface area (Å²) in [6.07, 6.45) is 2.90. The first kappa shape index (κ1) is 16.4. The van der Waals surface area contributed by atoms with Gasteiger partial charge in [-0.25, -0.2) is 5.43 Å². The summed E-state index contributed by atoms with van der Waals surface area (Å²) in [6, 6.07) is -0.426. The summed E-state index contributed by atoms with van der Waals surface area (Å²) >= 11 is 0. The average molecular weight is 335 g/mol. The summed E-state index contributed by atoms with van der Waals surface area (Å²) in [4.78, 5) is 48.4. The first-order chi connectivity index (χ1) is 11.5. The standard InChI is InChI=1S/C15H21N5O4/c21-12-3-1-10(17-12)14(23)16-9-5-7-20(8-6-9)15(24)11-2-4-13(22)19-18-11/h9-10H,1-8H2,(H,16,23)(H,17,21)(H,19,22). The summed E-state index contributed by atoms with van der Waals surface area (Å²) in [5, 5.41) is 9.43. The average Bonchev–Trinajstić information content (AvgIpc) is 3.02. The number of carbonyl (C=O) groups excluding carboxylic acids is 4. The highest BCUT2D eigenvalue weighted by molar-refractivity contribution is 6.39. The number of hydrogen-bond acceptors (Lipinski definition) is 5. The Bertz CT molecular complexity index is 595. The molecule has 3 N–H and O–H groups in total. The van der Waals surface area contributed by atoms with Crippen molar-refractivity contribution in [3.63, 3.8) is 0 Å². The van der Waals surface area contributed by atoms with Gasteiger partial charge in [-0.1, -0.05) is 0 Å². The number of nitrogens with one attached hydrogen (secondary N) is 3. The predicted molar refractivity (Wildman–Crippen MR) is 83.7 cm³/mol. The predicted octanol–water partition coefficient (Wildman–Crippen LogP) is -1.36. The van der Waals surface area contributed by atoms with E-state index in [0.29, 0.717) is 50.9 Å². The minimum absolute atomic E-state index is 0.00653. The lowest BCUT2D eigenvalue weighted by atomic mass is 10.0. The zero-order valence-electron chi connectivity index (χ0n) is 13.3. The van der Waals surface area contributed by atoms with Crippen molar-refractivity contribution in [3.05, 3.63) is 0 Å². The number of amides is 4. The molecule has 2 fully saturated rings. The molecule has 3 rings (SSSR count). The Balaban J connectivity index is 1.45. The molecule has 0 aliphatic carbocycles. The summed E-state index contributed by atoms with van der Waals surface area (Å²) in [5.41, 5.74) is 2.71. The lowest BCUT2D eigenvalue weighted by Gasteiger charge is -2.33. The van der Waals surface area contributed by atoms with Gasteiger partial charge >= 0.3 is 0 Å². The van der Waals surface area contributed by atoms with Crippen LogP contribution in [0, 0.1) is 0 Å². The van der Waals surface area contributed by atoms with Gasteiger partial charge in [0, 0.05) is 38.4 Å². The van der Waals surface area contributed by atoms with Crippen molar-refractivity contribution in [1.29, 1.82) is 0 Å². The molecule has 24 heavy (non-hydrogen) atoms. The smallest absolute Gasteiger partial charge is 0.270 e. The fraction of sp³-hybridized carbons (Fsp3) is 0.667. The summed E-state index contributed by atoms with van der Waals surface area (Å²) in [6.45, 7) is 1.07. The number of hydrazone groups is 1. The minimum Gasteiger partial charge on any atom is -0.351 e. The topological polar surface area (TPSA) is 120 Å². The van der Waals surface area contributed by atoms with E-state index in [2.05, 4.69) is 21.2 Å². The Kier molecular flexibility index (Phi) is 4.77.